The molecule has 0 aliphatic carbocycles. The van der Waals surface area contributed by atoms with Crippen molar-refractivity contribution >= 4 is 11.9 Å². The van der Waals surface area contributed by atoms with E-state index in [2.05, 4.69) is 4.74 Å². The maximum atomic E-state index is 11.2. The zero-order chi connectivity index (χ0) is 17.3. The predicted molar refractivity (Wildman–Crippen MR) is 93.2 cm³/mol. The minimum absolute atomic E-state index is 0.0409. The van der Waals surface area contributed by atoms with Crippen LogP contribution in [0.2, 0.25) is 0 Å². The van der Waals surface area contributed by atoms with Crippen molar-refractivity contribution in [2.75, 3.05) is 14.2 Å². The van der Waals surface area contributed by atoms with Crippen molar-refractivity contribution < 1.29 is 19.1 Å². The molecule has 0 bridgehead atoms. The molecule has 0 radical (unpaired) electrons. The number of hydrogen-bond acceptors (Lipinski definition) is 4. The first-order valence-electron chi connectivity index (χ1n) is 9.26. The van der Waals surface area contributed by atoms with Crippen molar-refractivity contribution in [3.05, 3.63) is 0 Å². The van der Waals surface area contributed by atoms with E-state index in [9.17, 15) is 9.59 Å². The van der Waals surface area contributed by atoms with Crippen LogP contribution in [0.15, 0.2) is 0 Å². The first-order chi connectivity index (χ1) is 11.1. The van der Waals surface area contributed by atoms with Crippen LogP contribution >= 0.6 is 0 Å². The molecule has 0 aromatic rings. The highest BCUT2D eigenvalue weighted by molar-refractivity contribution is 5.71. The SMILES string of the molecule is COC(=O)CCCCCCCCCCCCCC(C)C(=O)OC. The van der Waals surface area contributed by atoms with Gasteiger partial charge in [0.1, 0.15) is 0 Å². The monoisotopic (exact) mass is 328 g/mol. The fraction of sp³-hybridized carbons (Fsp3) is 0.895. The van der Waals surface area contributed by atoms with Gasteiger partial charge >= 0.3 is 11.9 Å². The average molecular weight is 328 g/mol. The van der Waals surface area contributed by atoms with Gasteiger partial charge in [-0.2, -0.15) is 0 Å². The highest BCUT2D eigenvalue weighted by atomic mass is 16.5. The molecule has 0 aromatic carbocycles. The molecule has 4 heteroatoms. The molecule has 0 saturated carbocycles. The molecule has 0 N–H and O–H groups in total. The Balaban J connectivity index is 3.16. The summed E-state index contributed by atoms with van der Waals surface area (Å²) in [5.74, 6) is -0.137. The van der Waals surface area contributed by atoms with Gasteiger partial charge in [-0.15, -0.1) is 0 Å². The number of ether oxygens (including phenoxy) is 2. The molecule has 0 fully saturated rings. The van der Waals surface area contributed by atoms with Crippen molar-refractivity contribution in [2.24, 2.45) is 5.92 Å². The maximum Gasteiger partial charge on any atom is 0.308 e. The number of hydrogen-bond donors (Lipinski definition) is 0. The molecule has 136 valence electrons. The van der Waals surface area contributed by atoms with E-state index < -0.39 is 0 Å². The minimum atomic E-state index is -0.0917. The molecular weight excluding hydrogens is 292 g/mol. The zero-order valence-electron chi connectivity index (χ0n) is 15.4. The molecule has 23 heavy (non-hydrogen) atoms. The molecule has 0 heterocycles. The number of carbonyl (C=O) groups excluding carboxylic acids is 2. The number of unbranched alkanes of at least 4 members (excludes halogenated alkanes) is 10. The lowest BCUT2D eigenvalue weighted by molar-refractivity contribution is -0.145. The van der Waals surface area contributed by atoms with Crippen LogP contribution in [0.25, 0.3) is 0 Å². The van der Waals surface area contributed by atoms with Gasteiger partial charge < -0.3 is 9.47 Å². The number of esters is 2. The first kappa shape index (κ1) is 21.9. The van der Waals surface area contributed by atoms with Crippen LogP contribution in [0.5, 0.6) is 0 Å². The van der Waals surface area contributed by atoms with Crippen LogP contribution in [0.1, 0.15) is 90.4 Å². The molecule has 0 aromatic heterocycles. The third-order valence-electron chi connectivity index (χ3n) is 4.35. The lowest BCUT2D eigenvalue weighted by atomic mass is 10.0. The topological polar surface area (TPSA) is 52.6 Å². The number of methoxy groups -OCH3 is 2. The fourth-order valence-electron chi connectivity index (χ4n) is 2.73. The van der Waals surface area contributed by atoms with Crippen molar-refractivity contribution in [3.63, 3.8) is 0 Å². The first-order valence-corrected chi connectivity index (χ1v) is 9.26. The Bertz CT molecular complexity index is 302. The number of rotatable bonds is 15. The van der Waals surface area contributed by atoms with Gasteiger partial charge in [0.05, 0.1) is 20.1 Å². The summed E-state index contributed by atoms with van der Waals surface area (Å²) in [5, 5.41) is 0. The summed E-state index contributed by atoms with van der Waals surface area (Å²) in [4.78, 5) is 22.2. The van der Waals surface area contributed by atoms with Gasteiger partial charge in [0, 0.05) is 6.42 Å². The van der Waals surface area contributed by atoms with E-state index in [4.69, 9.17) is 4.74 Å². The molecule has 0 saturated heterocycles. The second-order valence-electron chi connectivity index (χ2n) is 6.43. The van der Waals surface area contributed by atoms with Gasteiger partial charge in [-0.1, -0.05) is 71.1 Å². The summed E-state index contributed by atoms with van der Waals surface area (Å²) in [6.45, 7) is 1.94. The highest BCUT2D eigenvalue weighted by Crippen LogP contribution is 2.15. The Hall–Kier alpha value is -1.06. The lowest BCUT2D eigenvalue weighted by Gasteiger charge is -2.08. The maximum absolute atomic E-state index is 11.2. The normalized spacial score (nSPS) is 12.0. The molecule has 0 aliphatic heterocycles. The molecule has 0 spiro atoms. The minimum Gasteiger partial charge on any atom is -0.469 e. The van der Waals surface area contributed by atoms with E-state index in [1.807, 2.05) is 6.92 Å². The number of carbonyl (C=O) groups is 2. The van der Waals surface area contributed by atoms with Crippen molar-refractivity contribution in [3.8, 4) is 0 Å². The molecule has 0 rings (SSSR count). The second kappa shape index (κ2) is 15.8. The van der Waals surface area contributed by atoms with Crippen molar-refractivity contribution in [2.45, 2.75) is 90.4 Å². The molecule has 1 unspecified atom stereocenters. The Labute approximate surface area is 142 Å². The van der Waals surface area contributed by atoms with Gasteiger partial charge in [0.15, 0.2) is 0 Å². The highest BCUT2D eigenvalue weighted by Gasteiger charge is 2.11. The van der Waals surface area contributed by atoms with Gasteiger partial charge in [0.2, 0.25) is 0 Å². The van der Waals surface area contributed by atoms with Gasteiger partial charge in [-0.3, -0.25) is 9.59 Å². The van der Waals surface area contributed by atoms with Gasteiger partial charge in [-0.05, 0) is 12.8 Å². The quantitative estimate of drug-likeness (QED) is 0.312. The summed E-state index contributed by atoms with van der Waals surface area (Å²) in [7, 11) is 2.90. The summed E-state index contributed by atoms with van der Waals surface area (Å²) >= 11 is 0. The molecular formula is C19H36O4. The standard InChI is InChI=1S/C19H36O4/c1-17(19(21)23-3)15-13-11-9-7-5-4-6-8-10-12-14-16-18(20)22-2/h17H,4-16H2,1-3H3. The summed E-state index contributed by atoms with van der Waals surface area (Å²) in [6.07, 6.45) is 14.9. The van der Waals surface area contributed by atoms with E-state index in [1.54, 1.807) is 0 Å². The summed E-state index contributed by atoms with van der Waals surface area (Å²) in [5.41, 5.74) is 0. The van der Waals surface area contributed by atoms with Crippen molar-refractivity contribution in [1.82, 2.24) is 0 Å². The van der Waals surface area contributed by atoms with E-state index in [1.165, 1.54) is 65.6 Å². The zero-order valence-corrected chi connectivity index (χ0v) is 15.4. The average Bonchev–Trinajstić information content (AvgIpc) is 2.57. The Morgan fingerprint density at radius 3 is 1.57 bits per heavy atom. The van der Waals surface area contributed by atoms with Crippen LogP contribution in [0, 0.1) is 5.92 Å². The van der Waals surface area contributed by atoms with Crippen LogP contribution < -0.4 is 0 Å². The van der Waals surface area contributed by atoms with E-state index in [0.717, 1.165) is 25.7 Å². The van der Waals surface area contributed by atoms with Crippen molar-refractivity contribution in [1.29, 1.82) is 0 Å². The fourth-order valence-corrected chi connectivity index (χ4v) is 2.73. The van der Waals surface area contributed by atoms with E-state index in [0.29, 0.717) is 6.42 Å². The van der Waals surface area contributed by atoms with Crippen LogP contribution in [0.4, 0.5) is 0 Å². The molecule has 4 nitrogen and oxygen atoms in total. The smallest absolute Gasteiger partial charge is 0.308 e. The Morgan fingerprint density at radius 1 is 0.696 bits per heavy atom. The van der Waals surface area contributed by atoms with Crippen LogP contribution in [-0.2, 0) is 19.1 Å². The van der Waals surface area contributed by atoms with Gasteiger partial charge in [-0.25, -0.2) is 0 Å². The molecule has 0 aliphatic rings. The Morgan fingerprint density at radius 2 is 1.13 bits per heavy atom. The van der Waals surface area contributed by atoms with Crippen LogP contribution in [0.3, 0.4) is 0 Å². The Kier molecular flexibility index (Phi) is 15.1. The van der Waals surface area contributed by atoms with Crippen LogP contribution in [-0.4, -0.2) is 26.2 Å². The van der Waals surface area contributed by atoms with E-state index >= 15 is 0 Å². The third-order valence-corrected chi connectivity index (χ3v) is 4.35. The van der Waals surface area contributed by atoms with Gasteiger partial charge in [0.25, 0.3) is 0 Å². The molecule has 0 amide bonds. The largest absolute Gasteiger partial charge is 0.469 e. The summed E-state index contributed by atoms with van der Waals surface area (Å²) < 4.78 is 9.34. The predicted octanol–water partition coefficient (Wildman–Crippen LogP) is 5.04. The second-order valence-corrected chi connectivity index (χ2v) is 6.43. The third kappa shape index (κ3) is 14.3. The lowest BCUT2D eigenvalue weighted by Crippen LogP contribution is -2.12. The van der Waals surface area contributed by atoms with E-state index in [-0.39, 0.29) is 17.9 Å². The molecule has 1 atom stereocenters. The summed E-state index contributed by atoms with van der Waals surface area (Å²) in [6, 6.07) is 0.